The molecule has 0 spiro atoms. The van der Waals surface area contributed by atoms with Crippen LogP contribution in [-0.4, -0.2) is 23.5 Å². The van der Waals surface area contributed by atoms with Crippen LogP contribution in [0.15, 0.2) is 0 Å². The molecule has 0 rings (SSSR count). The van der Waals surface area contributed by atoms with Gasteiger partial charge in [-0.05, 0) is 13.3 Å². The summed E-state index contributed by atoms with van der Waals surface area (Å²) in [7, 11) is 0. The third-order valence-electron chi connectivity index (χ3n) is 1.13. The number of rotatable bonds is 4. The molecule has 0 aromatic carbocycles. The predicted molar refractivity (Wildman–Crippen MR) is 32.9 cm³/mol. The van der Waals surface area contributed by atoms with Crippen molar-refractivity contribution in [3.63, 3.8) is 0 Å². The lowest BCUT2D eigenvalue weighted by atomic mass is 10.3. The minimum atomic E-state index is -1.94. The first-order valence-corrected chi connectivity index (χ1v) is 3.12. The fourth-order valence-electron chi connectivity index (χ4n) is 0.365. The molecule has 1 N–H and O–H groups in total. The number of carboxylic acids is 1. The number of carbonyl (C=O) groups is 1. The van der Waals surface area contributed by atoms with Crippen molar-refractivity contribution in [3.05, 3.63) is 0 Å². The summed E-state index contributed by atoms with van der Waals surface area (Å²) < 4.78 is 4.51. The molecule has 2 unspecified atom stereocenters. The van der Waals surface area contributed by atoms with E-state index in [4.69, 9.17) is 5.11 Å². The molecule has 0 aliphatic heterocycles. The van der Waals surface area contributed by atoms with E-state index in [1.165, 1.54) is 0 Å². The second kappa shape index (κ2) is 4.24. The summed E-state index contributed by atoms with van der Waals surface area (Å²) in [6.07, 6.45) is -1.57. The SMILES string of the molecule is CCC(C)OC([O])C(=O)O. The van der Waals surface area contributed by atoms with Gasteiger partial charge in [-0.2, -0.15) is 5.11 Å². The minimum absolute atomic E-state index is 0.279. The molecule has 1 radical (unpaired) electrons. The molecular formula is C6H11O4. The molecular weight excluding hydrogens is 136 g/mol. The zero-order valence-electron chi connectivity index (χ0n) is 6.03. The third kappa shape index (κ3) is 3.42. The largest absolute Gasteiger partial charge is 0.477 e. The van der Waals surface area contributed by atoms with Crippen LogP contribution in [-0.2, 0) is 14.6 Å². The smallest absolute Gasteiger partial charge is 0.364 e. The van der Waals surface area contributed by atoms with Crippen molar-refractivity contribution < 1.29 is 19.7 Å². The van der Waals surface area contributed by atoms with E-state index in [0.717, 1.165) is 0 Å². The molecule has 0 fully saturated rings. The first-order valence-electron chi connectivity index (χ1n) is 3.12. The average molecular weight is 147 g/mol. The van der Waals surface area contributed by atoms with Gasteiger partial charge in [0, 0.05) is 0 Å². The van der Waals surface area contributed by atoms with Gasteiger partial charge in [-0.1, -0.05) is 6.92 Å². The first-order chi connectivity index (χ1) is 4.57. The highest BCUT2D eigenvalue weighted by molar-refractivity contribution is 5.70. The molecule has 0 heterocycles. The Hall–Kier alpha value is -0.610. The maximum atomic E-state index is 10.4. The zero-order chi connectivity index (χ0) is 8.15. The van der Waals surface area contributed by atoms with Gasteiger partial charge in [-0.25, -0.2) is 4.79 Å². The van der Waals surface area contributed by atoms with Gasteiger partial charge in [0.1, 0.15) is 0 Å². The van der Waals surface area contributed by atoms with E-state index in [2.05, 4.69) is 4.74 Å². The van der Waals surface area contributed by atoms with Crippen molar-refractivity contribution in [2.75, 3.05) is 0 Å². The van der Waals surface area contributed by atoms with Crippen molar-refractivity contribution in [1.82, 2.24) is 0 Å². The van der Waals surface area contributed by atoms with Gasteiger partial charge >= 0.3 is 5.97 Å². The van der Waals surface area contributed by atoms with Crippen molar-refractivity contribution >= 4 is 5.97 Å². The molecule has 0 saturated heterocycles. The molecule has 4 nitrogen and oxygen atoms in total. The van der Waals surface area contributed by atoms with Crippen LogP contribution in [0.1, 0.15) is 20.3 Å². The van der Waals surface area contributed by atoms with Gasteiger partial charge in [-0.15, -0.1) is 0 Å². The number of carboxylic acid groups (broad SMARTS) is 1. The summed E-state index contributed by atoms with van der Waals surface area (Å²) >= 11 is 0. The second-order valence-electron chi connectivity index (χ2n) is 2.03. The summed E-state index contributed by atoms with van der Waals surface area (Å²) in [6, 6.07) is 0. The highest BCUT2D eigenvalue weighted by atomic mass is 16.6. The quantitative estimate of drug-likeness (QED) is 0.593. The molecule has 59 valence electrons. The lowest BCUT2D eigenvalue weighted by Gasteiger charge is -2.10. The standard InChI is InChI=1S/C6H11O4/c1-3-4(2)10-6(9)5(7)8/h4,6H,3H2,1-2H3,(H,7,8). The van der Waals surface area contributed by atoms with Gasteiger partial charge < -0.3 is 9.84 Å². The van der Waals surface area contributed by atoms with Gasteiger partial charge in [-0.3, -0.25) is 0 Å². The van der Waals surface area contributed by atoms with Crippen molar-refractivity contribution in [3.8, 4) is 0 Å². The molecule has 0 aromatic rings. The van der Waals surface area contributed by atoms with E-state index in [1.807, 2.05) is 6.92 Å². The van der Waals surface area contributed by atoms with Crippen molar-refractivity contribution in [1.29, 1.82) is 0 Å². The highest BCUT2D eigenvalue weighted by Gasteiger charge is 2.17. The van der Waals surface area contributed by atoms with E-state index in [1.54, 1.807) is 6.92 Å². The number of hydrogen-bond acceptors (Lipinski definition) is 2. The number of ether oxygens (including phenoxy) is 1. The zero-order valence-corrected chi connectivity index (χ0v) is 6.03. The summed E-state index contributed by atoms with van der Waals surface area (Å²) in [5.41, 5.74) is 0. The van der Waals surface area contributed by atoms with Crippen LogP contribution in [0, 0.1) is 0 Å². The summed E-state index contributed by atoms with van der Waals surface area (Å²) in [6.45, 7) is 3.48. The van der Waals surface area contributed by atoms with Crippen LogP contribution in [0.2, 0.25) is 0 Å². The van der Waals surface area contributed by atoms with Gasteiger partial charge in [0.15, 0.2) is 0 Å². The topological polar surface area (TPSA) is 66.4 Å². The number of aliphatic carboxylic acids is 1. The van der Waals surface area contributed by atoms with E-state index in [9.17, 15) is 9.90 Å². The number of hydrogen-bond donors (Lipinski definition) is 1. The van der Waals surface area contributed by atoms with Crippen LogP contribution >= 0.6 is 0 Å². The van der Waals surface area contributed by atoms with Crippen molar-refractivity contribution in [2.24, 2.45) is 0 Å². The molecule has 0 aliphatic rings. The Bertz CT molecular complexity index is 112. The van der Waals surface area contributed by atoms with E-state index in [0.29, 0.717) is 6.42 Å². The summed E-state index contributed by atoms with van der Waals surface area (Å²) in [4.78, 5) is 9.91. The Kier molecular flexibility index (Phi) is 3.99. The molecule has 4 heteroatoms. The highest BCUT2D eigenvalue weighted by Crippen LogP contribution is 1.99. The van der Waals surface area contributed by atoms with E-state index < -0.39 is 12.3 Å². The molecule has 0 saturated carbocycles. The Labute approximate surface area is 59.4 Å². The Morgan fingerprint density at radius 3 is 2.50 bits per heavy atom. The van der Waals surface area contributed by atoms with Crippen LogP contribution in [0.4, 0.5) is 0 Å². The first kappa shape index (κ1) is 9.39. The van der Waals surface area contributed by atoms with Crippen molar-refractivity contribution in [2.45, 2.75) is 32.7 Å². The molecule has 0 amide bonds. The average Bonchev–Trinajstić information content (AvgIpc) is 1.87. The molecule has 10 heavy (non-hydrogen) atoms. The molecule has 2 atom stereocenters. The molecule has 0 bridgehead atoms. The van der Waals surface area contributed by atoms with E-state index in [-0.39, 0.29) is 6.10 Å². The Morgan fingerprint density at radius 2 is 2.20 bits per heavy atom. The maximum Gasteiger partial charge on any atom is 0.364 e. The second-order valence-corrected chi connectivity index (χ2v) is 2.03. The van der Waals surface area contributed by atoms with E-state index >= 15 is 0 Å². The monoisotopic (exact) mass is 147 g/mol. The fourth-order valence-corrected chi connectivity index (χ4v) is 0.365. The molecule has 0 aliphatic carbocycles. The minimum Gasteiger partial charge on any atom is -0.477 e. The van der Waals surface area contributed by atoms with Crippen LogP contribution < -0.4 is 0 Å². The lowest BCUT2D eigenvalue weighted by molar-refractivity contribution is -0.200. The van der Waals surface area contributed by atoms with Gasteiger partial charge in [0.05, 0.1) is 6.10 Å². The summed E-state index contributed by atoms with van der Waals surface area (Å²) in [5, 5.41) is 18.5. The van der Waals surface area contributed by atoms with Gasteiger partial charge in [0.25, 0.3) is 6.29 Å². The summed E-state index contributed by atoms with van der Waals surface area (Å²) in [5.74, 6) is -1.46. The maximum absolute atomic E-state index is 10.4. The lowest BCUT2D eigenvalue weighted by Crippen LogP contribution is -2.25. The van der Waals surface area contributed by atoms with Crippen LogP contribution in [0.25, 0.3) is 0 Å². The predicted octanol–water partition coefficient (Wildman–Crippen LogP) is 0.643. The van der Waals surface area contributed by atoms with Crippen LogP contribution in [0.5, 0.6) is 0 Å². The fraction of sp³-hybridized carbons (Fsp3) is 0.833. The Balaban J connectivity index is 3.56. The Morgan fingerprint density at radius 1 is 1.70 bits per heavy atom. The van der Waals surface area contributed by atoms with Gasteiger partial charge in [0.2, 0.25) is 0 Å². The normalized spacial score (nSPS) is 16.3. The third-order valence-corrected chi connectivity index (χ3v) is 1.13. The molecule has 0 aromatic heterocycles. The van der Waals surface area contributed by atoms with Crippen LogP contribution in [0.3, 0.4) is 0 Å².